The Kier molecular flexibility index (Phi) is 4.04. The number of aryl methyl sites for hydroxylation is 1. The van der Waals surface area contributed by atoms with Gasteiger partial charge in [-0.2, -0.15) is 0 Å². The number of ether oxygens (including phenoxy) is 1. The van der Waals surface area contributed by atoms with Crippen LogP contribution < -0.4 is 10.5 Å². The van der Waals surface area contributed by atoms with Gasteiger partial charge in [0.15, 0.2) is 0 Å². The van der Waals surface area contributed by atoms with Gasteiger partial charge in [-0.15, -0.1) is 11.3 Å². The van der Waals surface area contributed by atoms with Crippen molar-refractivity contribution in [1.82, 2.24) is 0 Å². The lowest BCUT2D eigenvalue weighted by molar-refractivity contribution is 0.410. The zero-order chi connectivity index (χ0) is 13.3. The molecule has 0 saturated heterocycles. The molecule has 1 unspecified atom stereocenters. The largest absolute Gasteiger partial charge is 0.497 e. The van der Waals surface area contributed by atoms with Crippen molar-refractivity contribution in [1.29, 1.82) is 0 Å². The summed E-state index contributed by atoms with van der Waals surface area (Å²) in [4.78, 5) is 2.07. The van der Waals surface area contributed by atoms with E-state index in [1.807, 2.05) is 13.0 Å². The van der Waals surface area contributed by atoms with Crippen molar-refractivity contribution in [3.8, 4) is 5.75 Å². The summed E-state index contributed by atoms with van der Waals surface area (Å²) in [5, 5.41) is 0. The Hall–Kier alpha value is -0.910. The third-order valence-corrected chi connectivity index (χ3v) is 4.71. The van der Waals surface area contributed by atoms with E-state index in [2.05, 4.69) is 15.9 Å². The fraction of sp³-hybridized carbons (Fsp3) is 0.231. The first-order valence-electron chi connectivity index (χ1n) is 5.37. The normalized spacial score (nSPS) is 12.5. The number of rotatable bonds is 3. The molecule has 0 radical (unpaired) electrons. The quantitative estimate of drug-likeness (QED) is 0.923. The van der Waals surface area contributed by atoms with E-state index in [9.17, 15) is 4.39 Å². The fourth-order valence-electron chi connectivity index (χ4n) is 1.74. The van der Waals surface area contributed by atoms with Crippen molar-refractivity contribution in [2.24, 2.45) is 5.73 Å². The summed E-state index contributed by atoms with van der Waals surface area (Å²) < 4.78 is 19.8. The average molecular weight is 330 g/mol. The Balaban J connectivity index is 2.39. The number of thiophene rings is 1. The summed E-state index contributed by atoms with van der Waals surface area (Å²) in [6.07, 6.45) is 0. The minimum absolute atomic E-state index is 0.347. The lowest BCUT2D eigenvalue weighted by atomic mass is 10.1. The van der Waals surface area contributed by atoms with Crippen LogP contribution in [0.1, 0.15) is 21.4 Å². The van der Waals surface area contributed by atoms with Gasteiger partial charge in [0.1, 0.15) is 11.6 Å². The molecule has 2 N–H and O–H groups in total. The first-order valence-corrected chi connectivity index (χ1v) is 6.98. The highest BCUT2D eigenvalue weighted by Crippen LogP contribution is 2.35. The third-order valence-electron chi connectivity index (χ3n) is 2.66. The lowest BCUT2D eigenvalue weighted by Crippen LogP contribution is -2.12. The molecule has 2 nitrogen and oxygen atoms in total. The SMILES string of the molecule is COc1ccc(C(N)c2sc(C)cc2Br)c(F)c1. The van der Waals surface area contributed by atoms with Crippen molar-refractivity contribution < 1.29 is 9.13 Å². The minimum atomic E-state index is -0.469. The molecule has 0 fully saturated rings. The van der Waals surface area contributed by atoms with Crippen LogP contribution in [0.5, 0.6) is 5.75 Å². The van der Waals surface area contributed by atoms with Gasteiger partial charge in [-0.25, -0.2) is 4.39 Å². The van der Waals surface area contributed by atoms with E-state index >= 15 is 0 Å². The molecular formula is C13H13BrFNOS. The second-order valence-electron chi connectivity index (χ2n) is 3.93. The molecule has 2 aromatic rings. The van der Waals surface area contributed by atoms with Crippen LogP contribution in [0.4, 0.5) is 4.39 Å². The zero-order valence-corrected chi connectivity index (χ0v) is 12.4. The molecule has 2 rings (SSSR count). The van der Waals surface area contributed by atoms with E-state index in [1.54, 1.807) is 23.5 Å². The Morgan fingerprint density at radius 2 is 2.11 bits per heavy atom. The van der Waals surface area contributed by atoms with Crippen LogP contribution in [0.15, 0.2) is 28.7 Å². The highest BCUT2D eigenvalue weighted by molar-refractivity contribution is 9.10. The summed E-state index contributed by atoms with van der Waals surface area (Å²) in [7, 11) is 1.51. The van der Waals surface area contributed by atoms with Gasteiger partial charge in [0.25, 0.3) is 0 Å². The number of benzene rings is 1. The molecule has 0 aliphatic rings. The van der Waals surface area contributed by atoms with Gasteiger partial charge >= 0.3 is 0 Å². The summed E-state index contributed by atoms with van der Waals surface area (Å²) in [6, 6.07) is 6.25. The zero-order valence-electron chi connectivity index (χ0n) is 10.0. The predicted molar refractivity (Wildman–Crippen MR) is 75.7 cm³/mol. The van der Waals surface area contributed by atoms with E-state index < -0.39 is 6.04 Å². The molecule has 1 heterocycles. The van der Waals surface area contributed by atoms with E-state index in [0.29, 0.717) is 11.3 Å². The molecule has 96 valence electrons. The van der Waals surface area contributed by atoms with E-state index in [0.717, 1.165) is 14.2 Å². The maximum absolute atomic E-state index is 13.9. The molecule has 0 bridgehead atoms. The van der Waals surface area contributed by atoms with Crippen LogP contribution >= 0.6 is 27.3 Å². The van der Waals surface area contributed by atoms with Crippen molar-refractivity contribution in [2.45, 2.75) is 13.0 Å². The number of hydrogen-bond acceptors (Lipinski definition) is 3. The molecule has 0 aliphatic heterocycles. The average Bonchev–Trinajstić information content (AvgIpc) is 2.67. The third kappa shape index (κ3) is 2.58. The van der Waals surface area contributed by atoms with Gasteiger partial charge in [0, 0.05) is 25.9 Å². The summed E-state index contributed by atoms with van der Waals surface area (Å²) in [5.74, 6) is 0.143. The Morgan fingerprint density at radius 3 is 2.61 bits per heavy atom. The predicted octanol–water partition coefficient (Wildman–Crippen LogP) is 4.01. The standard InChI is InChI=1S/C13H13BrFNOS/c1-7-5-10(14)13(18-7)12(16)9-4-3-8(17-2)6-11(9)15/h3-6,12H,16H2,1-2H3. The first-order chi connectivity index (χ1) is 8.52. The lowest BCUT2D eigenvalue weighted by Gasteiger charge is -2.13. The molecule has 5 heteroatoms. The fourth-order valence-corrected chi connectivity index (χ4v) is 3.66. The Morgan fingerprint density at radius 1 is 1.39 bits per heavy atom. The molecule has 0 amide bonds. The minimum Gasteiger partial charge on any atom is -0.497 e. The molecule has 0 aliphatic carbocycles. The molecule has 0 spiro atoms. The van der Waals surface area contributed by atoms with Crippen molar-refractivity contribution in [3.05, 3.63) is 49.9 Å². The topological polar surface area (TPSA) is 35.2 Å². The van der Waals surface area contributed by atoms with E-state index in [1.165, 1.54) is 13.2 Å². The van der Waals surface area contributed by atoms with E-state index in [4.69, 9.17) is 10.5 Å². The monoisotopic (exact) mass is 329 g/mol. The number of nitrogens with two attached hydrogens (primary N) is 1. The molecule has 1 atom stereocenters. The number of halogens is 2. The van der Waals surface area contributed by atoms with Crippen molar-refractivity contribution in [2.75, 3.05) is 7.11 Å². The summed E-state index contributed by atoms with van der Waals surface area (Å²) in [5.41, 5.74) is 6.59. The Labute approximate surface area is 118 Å². The second kappa shape index (κ2) is 5.38. The van der Waals surface area contributed by atoms with Crippen LogP contribution in [-0.2, 0) is 0 Å². The van der Waals surface area contributed by atoms with Crippen LogP contribution in [-0.4, -0.2) is 7.11 Å². The number of methoxy groups -OCH3 is 1. The first kappa shape index (κ1) is 13.5. The maximum Gasteiger partial charge on any atom is 0.132 e. The Bertz CT molecular complexity index is 570. The van der Waals surface area contributed by atoms with E-state index in [-0.39, 0.29) is 5.82 Å². The highest BCUT2D eigenvalue weighted by Gasteiger charge is 2.18. The summed E-state index contributed by atoms with van der Waals surface area (Å²) >= 11 is 5.02. The van der Waals surface area contributed by atoms with Gasteiger partial charge < -0.3 is 10.5 Å². The van der Waals surface area contributed by atoms with Crippen molar-refractivity contribution >= 4 is 27.3 Å². The molecule has 1 aromatic heterocycles. The number of hydrogen-bond donors (Lipinski definition) is 1. The molecule has 1 aromatic carbocycles. The second-order valence-corrected chi connectivity index (χ2v) is 6.08. The van der Waals surface area contributed by atoms with Crippen LogP contribution in [0.3, 0.4) is 0 Å². The molecule has 18 heavy (non-hydrogen) atoms. The van der Waals surface area contributed by atoms with Crippen LogP contribution in [0, 0.1) is 12.7 Å². The van der Waals surface area contributed by atoms with Crippen LogP contribution in [0.25, 0.3) is 0 Å². The maximum atomic E-state index is 13.9. The highest BCUT2D eigenvalue weighted by atomic mass is 79.9. The molecule has 0 saturated carbocycles. The van der Waals surface area contributed by atoms with Crippen molar-refractivity contribution in [3.63, 3.8) is 0 Å². The molecular weight excluding hydrogens is 317 g/mol. The smallest absolute Gasteiger partial charge is 0.132 e. The van der Waals surface area contributed by atoms with Gasteiger partial charge in [0.05, 0.1) is 13.2 Å². The van der Waals surface area contributed by atoms with Gasteiger partial charge in [-0.1, -0.05) is 6.07 Å². The van der Waals surface area contributed by atoms with Crippen LogP contribution in [0.2, 0.25) is 0 Å². The summed E-state index contributed by atoms with van der Waals surface area (Å²) in [6.45, 7) is 2.00. The van der Waals surface area contributed by atoms with Gasteiger partial charge in [-0.3, -0.25) is 0 Å². The van der Waals surface area contributed by atoms with Gasteiger partial charge in [0.2, 0.25) is 0 Å². The van der Waals surface area contributed by atoms with Gasteiger partial charge in [-0.05, 0) is 35.0 Å².